The predicted octanol–water partition coefficient (Wildman–Crippen LogP) is 2.88. The summed E-state index contributed by atoms with van der Waals surface area (Å²) in [4.78, 5) is 10.6. The second-order valence-electron chi connectivity index (χ2n) is 3.06. The Labute approximate surface area is 105 Å². The van der Waals surface area contributed by atoms with E-state index in [1.165, 1.54) is 4.90 Å². The Kier molecular flexibility index (Phi) is 3.17. The van der Waals surface area contributed by atoms with Gasteiger partial charge >= 0.3 is 0 Å². The van der Waals surface area contributed by atoms with Crippen LogP contribution in [0.4, 0.5) is 5.95 Å². The molecule has 2 aromatic heterocycles. The molecule has 6 heteroatoms. The van der Waals surface area contributed by atoms with Crippen LogP contribution >= 0.6 is 27.3 Å². The molecule has 80 valence electrons. The number of aromatic nitrogens is 2. The Morgan fingerprint density at radius 1 is 1.44 bits per heavy atom. The Bertz CT molecular complexity index is 528. The van der Waals surface area contributed by atoms with Crippen LogP contribution in [0.15, 0.2) is 28.3 Å². The maximum Gasteiger partial charge on any atom is 0.238 e. The van der Waals surface area contributed by atoms with E-state index < -0.39 is 0 Å². The van der Waals surface area contributed by atoms with Gasteiger partial charge in [0.2, 0.25) is 5.95 Å². The van der Waals surface area contributed by atoms with Crippen molar-refractivity contribution in [2.75, 3.05) is 11.9 Å². The molecule has 0 atom stereocenters. The van der Waals surface area contributed by atoms with Gasteiger partial charge in [-0.25, -0.2) is 9.97 Å². The molecule has 0 aliphatic rings. The van der Waals surface area contributed by atoms with Gasteiger partial charge in [-0.1, -0.05) is 0 Å². The third kappa shape index (κ3) is 2.21. The van der Waals surface area contributed by atoms with Gasteiger partial charge in [0, 0.05) is 39.7 Å². The van der Waals surface area contributed by atoms with E-state index in [0.717, 1.165) is 14.9 Å². The number of nitriles is 1. The third-order valence-corrected chi connectivity index (χ3v) is 3.68. The third-order valence-electron chi connectivity index (χ3n) is 1.94. The molecule has 0 saturated carbocycles. The molecule has 0 aromatic carbocycles. The number of rotatable bonds is 2. The van der Waals surface area contributed by atoms with Gasteiger partial charge in [-0.3, -0.25) is 4.90 Å². The van der Waals surface area contributed by atoms with Gasteiger partial charge in [-0.05, 0) is 22.0 Å². The van der Waals surface area contributed by atoms with Gasteiger partial charge < -0.3 is 0 Å². The standard InChI is InChI=1S/C10H7BrN4S/c1-15(6-12)10-13-3-7(4-14-10)9-2-8(11)5-16-9/h2-5H,1H3. The molecule has 0 bridgehead atoms. The van der Waals surface area contributed by atoms with Crippen LogP contribution in [0.1, 0.15) is 0 Å². The lowest BCUT2D eigenvalue weighted by Gasteiger charge is -2.05. The summed E-state index contributed by atoms with van der Waals surface area (Å²) in [7, 11) is 1.62. The molecular weight excluding hydrogens is 288 g/mol. The first-order valence-corrected chi connectivity index (χ1v) is 6.08. The predicted molar refractivity (Wildman–Crippen MR) is 67.1 cm³/mol. The largest absolute Gasteiger partial charge is 0.250 e. The lowest BCUT2D eigenvalue weighted by Crippen LogP contribution is -2.11. The monoisotopic (exact) mass is 294 g/mol. The zero-order chi connectivity index (χ0) is 11.5. The highest BCUT2D eigenvalue weighted by Gasteiger charge is 2.05. The van der Waals surface area contributed by atoms with E-state index in [0.29, 0.717) is 5.95 Å². The Morgan fingerprint density at radius 2 is 2.12 bits per heavy atom. The van der Waals surface area contributed by atoms with Crippen LogP contribution < -0.4 is 4.90 Å². The lowest BCUT2D eigenvalue weighted by atomic mass is 10.3. The molecule has 2 heterocycles. The quantitative estimate of drug-likeness (QED) is 0.631. The molecule has 0 saturated heterocycles. The first-order valence-electron chi connectivity index (χ1n) is 4.40. The molecular formula is C10H7BrN4S. The van der Waals surface area contributed by atoms with Gasteiger partial charge in [-0.15, -0.1) is 11.3 Å². The van der Waals surface area contributed by atoms with Crippen molar-refractivity contribution in [3.05, 3.63) is 28.3 Å². The minimum atomic E-state index is 0.405. The highest BCUT2D eigenvalue weighted by molar-refractivity contribution is 9.10. The summed E-state index contributed by atoms with van der Waals surface area (Å²) in [5.41, 5.74) is 0.950. The van der Waals surface area contributed by atoms with E-state index in [1.807, 2.05) is 17.6 Å². The first-order chi connectivity index (χ1) is 7.70. The highest BCUT2D eigenvalue weighted by atomic mass is 79.9. The molecule has 4 nitrogen and oxygen atoms in total. The van der Waals surface area contributed by atoms with Crippen molar-refractivity contribution in [1.29, 1.82) is 5.26 Å². The van der Waals surface area contributed by atoms with E-state index in [-0.39, 0.29) is 0 Å². The van der Waals surface area contributed by atoms with Crippen LogP contribution in [0.25, 0.3) is 10.4 Å². The highest BCUT2D eigenvalue weighted by Crippen LogP contribution is 2.29. The molecule has 0 unspecified atom stereocenters. The van der Waals surface area contributed by atoms with Gasteiger partial charge in [0.15, 0.2) is 6.19 Å². The van der Waals surface area contributed by atoms with Crippen molar-refractivity contribution in [2.45, 2.75) is 0 Å². The summed E-state index contributed by atoms with van der Waals surface area (Å²) in [6.07, 6.45) is 5.38. The zero-order valence-electron chi connectivity index (χ0n) is 8.38. The normalized spacial score (nSPS) is 9.81. The van der Waals surface area contributed by atoms with Crippen LogP contribution in [-0.4, -0.2) is 17.0 Å². The number of hydrogen-bond donors (Lipinski definition) is 0. The molecule has 0 N–H and O–H groups in total. The van der Waals surface area contributed by atoms with Crippen LogP contribution in [0.3, 0.4) is 0 Å². The van der Waals surface area contributed by atoms with Crippen molar-refractivity contribution in [1.82, 2.24) is 9.97 Å². The number of anilines is 1. The van der Waals surface area contributed by atoms with Gasteiger partial charge in [0.25, 0.3) is 0 Å². The average Bonchev–Trinajstić information content (AvgIpc) is 2.75. The summed E-state index contributed by atoms with van der Waals surface area (Å²) in [5.74, 6) is 0.405. The molecule has 2 aromatic rings. The fourth-order valence-corrected chi connectivity index (χ4v) is 2.54. The molecule has 0 radical (unpaired) electrons. The minimum absolute atomic E-state index is 0.405. The second-order valence-corrected chi connectivity index (χ2v) is 4.89. The summed E-state index contributed by atoms with van der Waals surface area (Å²) in [5, 5.41) is 10.7. The Hall–Kier alpha value is -1.45. The van der Waals surface area contributed by atoms with Crippen molar-refractivity contribution < 1.29 is 0 Å². The maximum absolute atomic E-state index is 8.67. The zero-order valence-corrected chi connectivity index (χ0v) is 10.8. The van der Waals surface area contributed by atoms with Crippen molar-refractivity contribution in [3.63, 3.8) is 0 Å². The van der Waals surface area contributed by atoms with Crippen LogP contribution in [0, 0.1) is 11.5 Å². The van der Waals surface area contributed by atoms with Crippen LogP contribution in [-0.2, 0) is 0 Å². The van der Waals surface area contributed by atoms with E-state index in [4.69, 9.17) is 5.26 Å². The molecule has 16 heavy (non-hydrogen) atoms. The topological polar surface area (TPSA) is 52.8 Å². The van der Waals surface area contributed by atoms with Crippen LogP contribution in [0.5, 0.6) is 0 Å². The fourth-order valence-electron chi connectivity index (χ4n) is 1.13. The number of thiophene rings is 1. The molecule has 2 rings (SSSR count). The van der Waals surface area contributed by atoms with E-state index in [1.54, 1.807) is 30.8 Å². The van der Waals surface area contributed by atoms with E-state index in [2.05, 4.69) is 25.9 Å². The summed E-state index contributed by atoms with van der Waals surface area (Å²) in [6, 6.07) is 2.01. The molecule has 0 amide bonds. The lowest BCUT2D eigenvalue weighted by molar-refractivity contribution is 1.05. The van der Waals surface area contributed by atoms with Crippen molar-refractivity contribution >= 4 is 33.2 Å². The Morgan fingerprint density at radius 3 is 2.62 bits per heavy atom. The molecule has 0 aliphatic heterocycles. The van der Waals surface area contributed by atoms with Gasteiger partial charge in [0.05, 0.1) is 0 Å². The van der Waals surface area contributed by atoms with Gasteiger partial charge in [-0.2, -0.15) is 5.26 Å². The second kappa shape index (κ2) is 4.60. The first kappa shape index (κ1) is 11.0. The summed E-state index contributed by atoms with van der Waals surface area (Å²) < 4.78 is 1.05. The van der Waals surface area contributed by atoms with Crippen molar-refractivity contribution in [2.24, 2.45) is 0 Å². The summed E-state index contributed by atoms with van der Waals surface area (Å²) >= 11 is 5.01. The molecule has 0 fully saturated rings. The number of hydrogen-bond acceptors (Lipinski definition) is 5. The van der Waals surface area contributed by atoms with Crippen LogP contribution in [0.2, 0.25) is 0 Å². The minimum Gasteiger partial charge on any atom is -0.250 e. The number of nitrogens with zero attached hydrogens (tertiary/aromatic N) is 4. The number of halogens is 1. The van der Waals surface area contributed by atoms with E-state index in [9.17, 15) is 0 Å². The molecule has 0 spiro atoms. The Balaban J connectivity index is 2.30. The average molecular weight is 295 g/mol. The van der Waals surface area contributed by atoms with E-state index >= 15 is 0 Å². The summed E-state index contributed by atoms with van der Waals surface area (Å²) in [6.45, 7) is 0. The van der Waals surface area contributed by atoms with Gasteiger partial charge in [0.1, 0.15) is 0 Å². The SMILES string of the molecule is CN(C#N)c1ncc(-c2cc(Br)cs2)cn1. The smallest absolute Gasteiger partial charge is 0.238 e. The van der Waals surface area contributed by atoms with Crippen molar-refractivity contribution in [3.8, 4) is 16.6 Å². The molecule has 0 aliphatic carbocycles. The fraction of sp³-hybridized carbons (Fsp3) is 0.100. The maximum atomic E-state index is 8.67.